The molecule has 1 aliphatic rings. The molecule has 1 atom stereocenters. The number of methoxy groups -OCH3 is 1. The highest BCUT2D eigenvalue weighted by Gasteiger charge is 2.30. The Kier molecular flexibility index (Phi) is 3.41. The van der Waals surface area contributed by atoms with E-state index in [9.17, 15) is 9.59 Å². The third-order valence-corrected chi connectivity index (χ3v) is 3.23. The first-order chi connectivity index (χ1) is 10.2. The molecular formula is C14H14N4O3. The maximum Gasteiger partial charge on any atom is 0.276 e. The van der Waals surface area contributed by atoms with Gasteiger partial charge in [0.1, 0.15) is 5.82 Å². The molecule has 2 aromatic rings. The van der Waals surface area contributed by atoms with E-state index in [4.69, 9.17) is 4.74 Å². The standard InChI is InChI=1S/C14H14N4O3/c1-21-14-13(20)16-11-10(12(19)17-14)15-8-18(11)7-9-5-3-2-4-6-9/h2-6,8,14H,7H2,1H3,(H,16,20)(H,17,19). The first kappa shape index (κ1) is 13.3. The molecule has 1 aliphatic heterocycles. The van der Waals surface area contributed by atoms with Gasteiger partial charge in [-0.25, -0.2) is 4.98 Å². The van der Waals surface area contributed by atoms with Crippen LogP contribution in [0.4, 0.5) is 5.82 Å². The number of hydrogen-bond acceptors (Lipinski definition) is 4. The fraction of sp³-hybridized carbons (Fsp3) is 0.214. The fourth-order valence-corrected chi connectivity index (χ4v) is 2.18. The highest BCUT2D eigenvalue weighted by Crippen LogP contribution is 2.19. The lowest BCUT2D eigenvalue weighted by atomic mass is 10.2. The number of rotatable bonds is 3. The normalized spacial score (nSPS) is 17.7. The first-order valence-corrected chi connectivity index (χ1v) is 6.42. The summed E-state index contributed by atoms with van der Waals surface area (Å²) in [7, 11) is 1.35. The van der Waals surface area contributed by atoms with Gasteiger partial charge in [-0.3, -0.25) is 9.59 Å². The van der Waals surface area contributed by atoms with E-state index in [2.05, 4.69) is 15.6 Å². The van der Waals surface area contributed by atoms with Crippen molar-refractivity contribution in [2.75, 3.05) is 12.4 Å². The Labute approximate surface area is 120 Å². The average molecular weight is 286 g/mol. The molecule has 1 aromatic carbocycles. The number of benzene rings is 1. The van der Waals surface area contributed by atoms with Crippen LogP contribution in [0.3, 0.4) is 0 Å². The monoisotopic (exact) mass is 286 g/mol. The van der Waals surface area contributed by atoms with Crippen LogP contribution in [0.5, 0.6) is 0 Å². The fourth-order valence-electron chi connectivity index (χ4n) is 2.18. The number of nitrogens with one attached hydrogen (secondary N) is 2. The zero-order valence-electron chi connectivity index (χ0n) is 11.4. The number of carbonyl (C=O) groups excluding carboxylic acids is 2. The van der Waals surface area contributed by atoms with Gasteiger partial charge >= 0.3 is 0 Å². The third kappa shape index (κ3) is 2.50. The second kappa shape index (κ2) is 5.37. The number of hydrogen-bond donors (Lipinski definition) is 2. The van der Waals surface area contributed by atoms with E-state index >= 15 is 0 Å². The number of ether oxygens (including phenoxy) is 1. The van der Waals surface area contributed by atoms with E-state index in [1.165, 1.54) is 13.4 Å². The molecule has 21 heavy (non-hydrogen) atoms. The van der Waals surface area contributed by atoms with Gasteiger partial charge in [0.15, 0.2) is 5.69 Å². The van der Waals surface area contributed by atoms with Crippen molar-refractivity contribution in [1.82, 2.24) is 14.9 Å². The molecule has 0 saturated carbocycles. The molecule has 2 amide bonds. The van der Waals surface area contributed by atoms with E-state index < -0.39 is 18.0 Å². The van der Waals surface area contributed by atoms with E-state index in [-0.39, 0.29) is 5.69 Å². The van der Waals surface area contributed by atoms with Gasteiger partial charge in [-0.1, -0.05) is 30.3 Å². The smallest absolute Gasteiger partial charge is 0.276 e. The van der Waals surface area contributed by atoms with Crippen LogP contribution in [-0.2, 0) is 16.1 Å². The van der Waals surface area contributed by atoms with Gasteiger partial charge in [-0.2, -0.15) is 0 Å². The quantitative estimate of drug-likeness (QED) is 0.864. The topological polar surface area (TPSA) is 85.2 Å². The van der Waals surface area contributed by atoms with Crippen molar-refractivity contribution in [3.05, 3.63) is 47.9 Å². The molecule has 0 saturated heterocycles. The van der Waals surface area contributed by atoms with Gasteiger partial charge in [-0.15, -0.1) is 0 Å². The molecular weight excluding hydrogens is 272 g/mol. The van der Waals surface area contributed by atoms with Crippen LogP contribution in [0, 0.1) is 0 Å². The van der Waals surface area contributed by atoms with Crippen LogP contribution >= 0.6 is 0 Å². The summed E-state index contributed by atoms with van der Waals surface area (Å²) in [6.07, 6.45) is 0.516. The Morgan fingerprint density at radius 1 is 1.29 bits per heavy atom. The predicted octanol–water partition coefficient (Wildman–Crippen LogP) is 0.586. The molecule has 7 nitrogen and oxygen atoms in total. The van der Waals surface area contributed by atoms with Crippen LogP contribution in [0.1, 0.15) is 16.1 Å². The van der Waals surface area contributed by atoms with Crippen molar-refractivity contribution in [3.63, 3.8) is 0 Å². The van der Waals surface area contributed by atoms with Crippen molar-refractivity contribution in [1.29, 1.82) is 0 Å². The number of fused-ring (bicyclic) bond motifs is 1. The SMILES string of the molecule is COC1NC(=O)c2ncn(Cc3ccccc3)c2NC1=O. The lowest BCUT2D eigenvalue weighted by molar-refractivity contribution is -0.126. The number of amides is 2. The Hall–Kier alpha value is -2.67. The maximum atomic E-state index is 12.0. The van der Waals surface area contributed by atoms with Gasteiger partial charge in [-0.05, 0) is 5.56 Å². The molecule has 1 unspecified atom stereocenters. The summed E-state index contributed by atoms with van der Waals surface area (Å²) in [5.74, 6) is -0.498. The molecule has 0 radical (unpaired) electrons. The lowest BCUT2D eigenvalue weighted by Gasteiger charge is -2.12. The minimum atomic E-state index is -1.02. The molecule has 0 bridgehead atoms. The largest absolute Gasteiger partial charge is 0.353 e. The summed E-state index contributed by atoms with van der Waals surface area (Å²) >= 11 is 0. The zero-order chi connectivity index (χ0) is 14.8. The average Bonchev–Trinajstić information content (AvgIpc) is 2.82. The Bertz CT molecular complexity index is 681. The van der Waals surface area contributed by atoms with E-state index in [1.54, 1.807) is 4.57 Å². The molecule has 3 rings (SSSR count). The van der Waals surface area contributed by atoms with Gasteiger partial charge in [0, 0.05) is 7.11 Å². The number of carbonyl (C=O) groups is 2. The maximum absolute atomic E-state index is 12.0. The van der Waals surface area contributed by atoms with Crippen LogP contribution in [0.15, 0.2) is 36.7 Å². The van der Waals surface area contributed by atoms with Crippen molar-refractivity contribution in [2.24, 2.45) is 0 Å². The molecule has 2 heterocycles. The van der Waals surface area contributed by atoms with Crippen molar-refractivity contribution < 1.29 is 14.3 Å². The van der Waals surface area contributed by atoms with Crippen LogP contribution < -0.4 is 10.6 Å². The summed E-state index contributed by atoms with van der Waals surface area (Å²) in [6, 6.07) is 9.70. The molecule has 0 spiro atoms. The molecule has 7 heteroatoms. The summed E-state index contributed by atoms with van der Waals surface area (Å²) in [5.41, 5.74) is 1.22. The van der Waals surface area contributed by atoms with E-state index in [0.29, 0.717) is 12.4 Å². The lowest BCUT2D eigenvalue weighted by Crippen LogP contribution is -2.42. The highest BCUT2D eigenvalue weighted by atomic mass is 16.5. The van der Waals surface area contributed by atoms with E-state index in [0.717, 1.165) is 5.56 Å². The van der Waals surface area contributed by atoms with Crippen LogP contribution in [0.25, 0.3) is 0 Å². The summed E-state index contributed by atoms with van der Waals surface area (Å²) in [5, 5.41) is 5.14. The van der Waals surface area contributed by atoms with Gasteiger partial charge in [0.05, 0.1) is 12.9 Å². The number of aromatic nitrogens is 2. The predicted molar refractivity (Wildman–Crippen MR) is 74.7 cm³/mol. The van der Waals surface area contributed by atoms with Crippen LogP contribution in [0.2, 0.25) is 0 Å². The number of imidazole rings is 1. The minimum Gasteiger partial charge on any atom is -0.353 e. The van der Waals surface area contributed by atoms with Crippen molar-refractivity contribution in [2.45, 2.75) is 12.8 Å². The zero-order valence-corrected chi connectivity index (χ0v) is 11.4. The van der Waals surface area contributed by atoms with Crippen LogP contribution in [-0.4, -0.2) is 34.7 Å². The van der Waals surface area contributed by atoms with Crippen molar-refractivity contribution in [3.8, 4) is 0 Å². The number of nitrogens with zero attached hydrogens (tertiary/aromatic N) is 2. The molecule has 1 aromatic heterocycles. The number of anilines is 1. The third-order valence-electron chi connectivity index (χ3n) is 3.23. The second-order valence-corrected chi connectivity index (χ2v) is 4.63. The van der Waals surface area contributed by atoms with Gasteiger partial charge in [0.25, 0.3) is 11.8 Å². The van der Waals surface area contributed by atoms with Crippen molar-refractivity contribution >= 4 is 17.6 Å². The molecule has 2 N–H and O–H groups in total. The molecule has 0 fully saturated rings. The highest BCUT2D eigenvalue weighted by molar-refractivity contribution is 6.07. The molecule has 0 aliphatic carbocycles. The Balaban J connectivity index is 1.93. The van der Waals surface area contributed by atoms with E-state index in [1.807, 2.05) is 30.3 Å². The minimum absolute atomic E-state index is 0.179. The molecule has 108 valence electrons. The summed E-state index contributed by atoms with van der Waals surface area (Å²) < 4.78 is 6.65. The first-order valence-electron chi connectivity index (χ1n) is 6.42. The Morgan fingerprint density at radius 3 is 2.76 bits per heavy atom. The Morgan fingerprint density at radius 2 is 2.05 bits per heavy atom. The summed E-state index contributed by atoms with van der Waals surface area (Å²) in [4.78, 5) is 28.1. The van der Waals surface area contributed by atoms with Gasteiger partial charge in [0.2, 0.25) is 6.23 Å². The summed E-state index contributed by atoms with van der Waals surface area (Å²) in [6.45, 7) is 0.508. The second-order valence-electron chi connectivity index (χ2n) is 4.63. The van der Waals surface area contributed by atoms with Gasteiger partial charge < -0.3 is 19.9 Å².